The summed E-state index contributed by atoms with van der Waals surface area (Å²) in [6.07, 6.45) is 1.50. The molecule has 3 aromatic rings. The second kappa shape index (κ2) is 9.00. The quantitative estimate of drug-likeness (QED) is 0.656. The van der Waals surface area contributed by atoms with E-state index >= 15 is 0 Å². The zero-order valence-corrected chi connectivity index (χ0v) is 17.1. The van der Waals surface area contributed by atoms with E-state index in [1.165, 1.54) is 5.56 Å². The fraction of sp³-hybridized carbons (Fsp3) is 0.304. The van der Waals surface area contributed by atoms with Crippen molar-refractivity contribution in [3.63, 3.8) is 0 Å². The number of methoxy groups -OCH3 is 1. The molecule has 0 bridgehead atoms. The van der Waals surface area contributed by atoms with Gasteiger partial charge in [-0.2, -0.15) is 5.10 Å². The molecule has 0 saturated heterocycles. The number of amides is 1. The van der Waals surface area contributed by atoms with Crippen molar-refractivity contribution in [2.45, 2.75) is 12.8 Å². The SMILES string of the molecule is COc1ccc(C(=O)N2CCc3[nH]nc(-c4ccccc4)c3CC2)cc1OCCN. The molecule has 156 valence electrons. The number of H-pyrrole nitrogens is 1. The molecule has 0 spiro atoms. The minimum absolute atomic E-state index is 0.0189. The van der Waals surface area contributed by atoms with Gasteiger partial charge in [-0.3, -0.25) is 9.89 Å². The number of benzene rings is 2. The molecule has 1 aliphatic rings. The number of fused-ring (bicyclic) bond motifs is 1. The number of nitrogens with two attached hydrogens (primary N) is 1. The molecule has 4 rings (SSSR count). The maximum atomic E-state index is 13.2. The number of rotatable bonds is 6. The highest BCUT2D eigenvalue weighted by Crippen LogP contribution is 2.30. The monoisotopic (exact) mass is 406 g/mol. The van der Waals surface area contributed by atoms with Gasteiger partial charge in [-0.05, 0) is 24.6 Å². The van der Waals surface area contributed by atoms with E-state index in [0.717, 1.165) is 29.8 Å². The Morgan fingerprint density at radius 3 is 2.70 bits per heavy atom. The molecule has 0 saturated carbocycles. The number of hydrogen-bond donors (Lipinski definition) is 2. The lowest BCUT2D eigenvalue weighted by atomic mass is 10.0. The lowest BCUT2D eigenvalue weighted by Gasteiger charge is -2.21. The van der Waals surface area contributed by atoms with Gasteiger partial charge in [0.05, 0.1) is 12.8 Å². The first kappa shape index (κ1) is 20.0. The largest absolute Gasteiger partial charge is 0.493 e. The summed E-state index contributed by atoms with van der Waals surface area (Å²) in [5, 5.41) is 7.70. The van der Waals surface area contributed by atoms with Crippen LogP contribution in [0.15, 0.2) is 48.5 Å². The number of carbonyl (C=O) groups is 1. The van der Waals surface area contributed by atoms with E-state index in [-0.39, 0.29) is 5.91 Å². The summed E-state index contributed by atoms with van der Waals surface area (Å²) in [7, 11) is 1.58. The van der Waals surface area contributed by atoms with Crippen LogP contribution < -0.4 is 15.2 Å². The highest BCUT2D eigenvalue weighted by Gasteiger charge is 2.24. The van der Waals surface area contributed by atoms with Gasteiger partial charge in [0.1, 0.15) is 6.61 Å². The van der Waals surface area contributed by atoms with Crippen molar-refractivity contribution in [3.05, 3.63) is 65.4 Å². The minimum atomic E-state index is -0.0189. The Morgan fingerprint density at radius 2 is 1.93 bits per heavy atom. The molecule has 1 amide bonds. The molecule has 0 fully saturated rings. The van der Waals surface area contributed by atoms with Crippen LogP contribution in [0.5, 0.6) is 11.5 Å². The number of hydrogen-bond acceptors (Lipinski definition) is 5. The predicted octanol–water partition coefficient (Wildman–Crippen LogP) is 2.66. The van der Waals surface area contributed by atoms with Crippen molar-refractivity contribution < 1.29 is 14.3 Å². The van der Waals surface area contributed by atoms with Crippen LogP contribution in [0, 0.1) is 0 Å². The first-order valence-corrected chi connectivity index (χ1v) is 10.1. The van der Waals surface area contributed by atoms with Crippen molar-refractivity contribution in [1.82, 2.24) is 15.1 Å². The molecular weight excluding hydrogens is 380 g/mol. The van der Waals surface area contributed by atoms with Crippen molar-refractivity contribution in [2.75, 3.05) is 33.4 Å². The Kier molecular flexibility index (Phi) is 5.99. The maximum absolute atomic E-state index is 13.2. The van der Waals surface area contributed by atoms with E-state index in [1.807, 2.05) is 23.1 Å². The van der Waals surface area contributed by atoms with E-state index in [4.69, 9.17) is 15.2 Å². The number of carbonyl (C=O) groups excluding carboxylic acids is 1. The summed E-state index contributed by atoms with van der Waals surface area (Å²) < 4.78 is 11.0. The zero-order chi connectivity index (χ0) is 20.9. The summed E-state index contributed by atoms with van der Waals surface area (Å²) in [5.74, 6) is 1.10. The fourth-order valence-corrected chi connectivity index (χ4v) is 3.79. The van der Waals surface area contributed by atoms with Gasteiger partial charge in [0.15, 0.2) is 11.5 Å². The van der Waals surface area contributed by atoms with Gasteiger partial charge in [0, 0.05) is 48.4 Å². The molecule has 30 heavy (non-hydrogen) atoms. The van der Waals surface area contributed by atoms with E-state index in [1.54, 1.807) is 25.3 Å². The first-order chi connectivity index (χ1) is 14.7. The Morgan fingerprint density at radius 1 is 1.13 bits per heavy atom. The molecule has 0 atom stereocenters. The first-order valence-electron chi connectivity index (χ1n) is 10.1. The van der Waals surface area contributed by atoms with Crippen LogP contribution in [-0.4, -0.2) is 54.4 Å². The summed E-state index contributed by atoms with van der Waals surface area (Å²) in [6, 6.07) is 15.4. The number of nitrogens with one attached hydrogen (secondary N) is 1. The number of ether oxygens (including phenoxy) is 2. The second-order valence-electron chi connectivity index (χ2n) is 7.19. The summed E-state index contributed by atoms with van der Waals surface area (Å²) in [5.41, 5.74) is 10.5. The van der Waals surface area contributed by atoms with Crippen LogP contribution in [-0.2, 0) is 12.8 Å². The van der Waals surface area contributed by atoms with Gasteiger partial charge in [0.2, 0.25) is 0 Å². The molecule has 1 aromatic heterocycles. The third-order valence-corrected chi connectivity index (χ3v) is 5.34. The zero-order valence-electron chi connectivity index (χ0n) is 17.1. The Labute approximate surface area is 175 Å². The summed E-state index contributed by atoms with van der Waals surface area (Å²) >= 11 is 0. The average Bonchev–Trinajstić information content (AvgIpc) is 3.08. The smallest absolute Gasteiger partial charge is 0.254 e. The normalized spacial score (nSPS) is 13.5. The van der Waals surface area contributed by atoms with Gasteiger partial charge in [-0.25, -0.2) is 0 Å². The van der Waals surface area contributed by atoms with Crippen LogP contribution in [0.3, 0.4) is 0 Å². The second-order valence-corrected chi connectivity index (χ2v) is 7.19. The molecule has 0 unspecified atom stereocenters. The molecule has 7 heteroatoms. The summed E-state index contributed by atoms with van der Waals surface area (Å²) in [4.78, 5) is 15.1. The highest BCUT2D eigenvalue weighted by molar-refractivity contribution is 5.95. The molecule has 3 N–H and O–H groups in total. The molecule has 7 nitrogen and oxygen atoms in total. The maximum Gasteiger partial charge on any atom is 0.254 e. The molecule has 0 radical (unpaired) electrons. The van der Waals surface area contributed by atoms with Crippen molar-refractivity contribution in [3.8, 4) is 22.8 Å². The van der Waals surface area contributed by atoms with E-state index in [2.05, 4.69) is 22.3 Å². The van der Waals surface area contributed by atoms with Crippen LogP contribution >= 0.6 is 0 Å². The fourth-order valence-electron chi connectivity index (χ4n) is 3.79. The van der Waals surface area contributed by atoms with Gasteiger partial charge < -0.3 is 20.1 Å². The van der Waals surface area contributed by atoms with Crippen LogP contribution in [0.2, 0.25) is 0 Å². The number of aromatic nitrogens is 2. The molecule has 0 aliphatic carbocycles. The lowest BCUT2D eigenvalue weighted by Crippen LogP contribution is -2.33. The lowest BCUT2D eigenvalue weighted by molar-refractivity contribution is 0.0762. The molecule has 1 aliphatic heterocycles. The van der Waals surface area contributed by atoms with Crippen LogP contribution in [0.1, 0.15) is 21.6 Å². The van der Waals surface area contributed by atoms with Crippen LogP contribution in [0.25, 0.3) is 11.3 Å². The Bertz CT molecular complexity index is 1020. The van der Waals surface area contributed by atoms with Crippen molar-refractivity contribution in [2.24, 2.45) is 5.73 Å². The topological polar surface area (TPSA) is 93.5 Å². The van der Waals surface area contributed by atoms with Gasteiger partial charge >= 0.3 is 0 Å². The number of aromatic amines is 1. The molecule has 2 heterocycles. The van der Waals surface area contributed by atoms with Crippen molar-refractivity contribution >= 4 is 5.91 Å². The summed E-state index contributed by atoms with van der Waals surface area (Å²) in [6.45, 7) is 2.02. The van der Waals surface area contributed by atoms with E-state index < -0.39 is 0 Å². The predicted molar refractivity (Wildman–Crippen MR) is 115 cm³/mol. The van der Waals surface area contributed by atoms with E-state index in [9.17, 15) is 4.79 Å². The molecule has 2 aromatic carbocycles. The standard InChI is InChI=1S/C23H26N4O3/c1-29-20-8-7-17(15-21(20)30-14-11-24)23(28)27-12-9-18-19(10-13-27)25-26-22(18)16-5-3-2-4-6-16/h2-8,15H,9-14,24H2,1H3,(H,25,26). The third-order valence-electron chi connectivity index (χ3n) is 5.34. The Balaban J connectivity index is 1.52. The van der Waals surface area contributed by atoms with Gasteiger partial charge in [0.25, 0.3) is 5.91 Å². The van der Waals surface area contributed by atoms with Crippen molar-refractivity contribution in [1.29, 1.82) is 0 Å². The molecular formula is C23H26N4O3. The Hall–Kier alpha value is -3.32. The van der Waals surface area contributed by atoms with Gasteiger partial charge in [-0.15, -0.1) is 0 Å². The number of nitrogens with zero attached hydrogens (tertiary/aromatic N) is 2. The van der Waals surface area contributed by atoms with Crippen LogP contribution in [0.4, 0.5) is 0 Å². The van der Waals surface area contributed by atoms with Gasteiger partial charge in [-0.1, -0.05) is 30.3 Å². The minimum Gasteiger partial charge on any atom is -0.493 e. The highest BCUT2D eigenvalue weighted by atomic mass is 16.5. The van der Waals surface area contributed by atoms with E-state index in [0.29, 0.717) is 43.3 Å². The third kappa shape index (κ3) is 4.02. The average molecular weight is 406 g/mol.